The van der Waals surface area contributed by atoms with E-state index in [1.54, 1.807) is 26.0 Å². The first-order chi connectivity index (χ1) is 14.3. The first-order valence-electron chi connectivity index (χ1n) is 9.25. The van der Waals surface area contributed by atoms with Crippen molar-refractivity contribution in [2.24, 2.45) is 0 Å². The molecule has 0 bridgehead atoms. The molecule has 0 atom stereocenters. The molecule has 158 valence electrons. The summed E-state index contributed by atoms with van der Waals surface area (Å²) in [6.07, 6.45) is 1.30. The van der Waals surface area contributed by atoms with Crippen molar-refractivity contribution in [3.63, 3.8) is 0 Å². The molecule has 2 aromatic carbocycles. The first kappa shape index (κ1) is 21.5. The van der Waals surface area contributed by atoms with Crippen molar-refractivity contribution < 1.29 is 23.1 Å². The number of carbonyl (C=O) groups is 1. The van der Waals surface area contributed by atoms with Crippen molar-refractivity contribution >= 4 is 38.4 Å². The third kappa shape index (κ3) is 4.05. The predicted molar refractivity (Wildman–Crippen MR) is 113 cm³/mol. The number of ether oxygens (including phenoxy) is 1. The number of hydrogen-bond acceptors (Lipinski definition) is 7. The smallest absolute Gasteiger partial charge is 0.335 e. The number of carboxylic acids is 1. The Hall–Kier alpha value is -3.24. The van der Waals surface area contributed by atoms with Crippen molar-refractivity contribution in [1.29, 1.82) is 0 Å². The zero-order valence-corrected chi connectivity index (χ0v) is 17.6. The summed E-state index contributed by atoms with van der Waals surface area (Å²) in [6.45, 7) is 4.27. The molecule has 0 fully saturated rings. The van der Waals surface area contributed by atoms with Crippen LogP contribution in [0.2, 0.25) is 0 Å². The number of nitrogens with zero attached hydrogens (tertiary/aromatic N) is 3. The number of aromatic nitrogens is 2. The minimum Gasteiger partial charge on any atom is -0.495 e. The van der Waals surface area contributed by atoms with Gasteiger partial charge in [0, 0.05) is 18.5 Å². The van der Waals surface area contributed by atoms with E-state index in [2.05, 4.69) is 15.3 Å². The number of sulfonamides is 1. The highest BCUT2D eigenvalue weighted by atomic mass is 32.2. The standard InChI is InChI=1S/C20H22N4O5S/c1-4-24(5-2)30(27,28)14-7-9-18(29-3)17(11-14)23-19-15-8-6-13(20(25)26)10-16(15)21-12-22-19/h6-12H,4-5H2,1-3H3,(H,25,26)(H,21,22,23). The summed E-state index contributed by atoms with van der Waals surface area (Å²) in [7, 11) is -2.18. The van der Waals surface area contributed by atoms with Crippen LogP contribution in [0.15, 0.2) is 47.6 Å². The lowest BCUT2D eigenvalue weighted by molar-refractivity contribution is 0.0697. The summed E-state index contributed by atoms with van der Waals surface area (Å²) in [5.41, 5.74) is 0.961. The van der Waals surface area contributed by atoms with Crippen LogP contribution < -0.4 is 10.1 Å². The zero-order valence-electron chi connectivity index (χ0n) is 16.8. The van der Waals surface area contributed by atoms with E-state index in [-0.39, 0.29) is 10.5 Å². The quantitative estimate of drug-likeness (QED) is 0.559. The normalized spacial score (nSPS) is 11.6. The summed E-state index contributed by atoms with van der Waals surface area (Å²) in [6, 6.07) is 9.07. The van der Waals surface area contributed by atoms with E-state index in [4.69, 9.17) is 4.74 Å². The number of benzene rings is 2. The van der Waals surface area contributed by atoms with Crippen LogP contribution in [-0.4, -0.2) is 54.0 Å². The average Bonchev–Trinajstić information content (AvgIpc) is 2.74. The van der Waals surface area contributed by atoms with Crippen molar-refractivity contribution in [3.8, 4) is 5.75 Å². The highest BCUT2D eigenvalue weighted by Gasteiger charge is 2.23. The maximum absolute atomic E-state index is 12.9. The summed E-state index contributed by atoms with van der Waals surface area (Å²) in [5.74, 6) is -0.226. The monoisotopic (exact) mass is 430 g/mol. The molecule has 0 aliphatic heterocycles. The molecule has 9 nitrogen and oxygen atoms in total. The predicted octanol–water partition coefficient (Wildman–Crippen LogP) is 3.11. The minimum absolute atomic E-state index is 0.108. The van der Waals surface area contributed by atoms with Crippen molar-refractivity contribution in [2.75, 3.05) is 25.5 Å². The van der Waals surface area contributed by atoms with E-state index in [1.807, 2.05) is 0 Å². The van der Waals surface area contributed by atoms with E-state index in [9.17, 15) is 18.3 Å². The van der Waals surface area contributed by atoms with Crippen LogP contribution in [0.25, 0.3) is 10.9 Å². The molecule has 0 saturated heterocycles. The number of anilines is 2. The van der Waals surface area contributed by atoms with E-state index in [0.29, 0.717) is 41.2 Å². The van der Waals surface area contributed by atoms with Crippen LogP contribution >= 0.6 is 0 Å². The van der Waals surface area contributed by atoms with Crippen LogP contribution in [0, 0.1) is 0 Å². The topological polar surface area (TPSA) is 122 Å². The largest absolute Gasteiger partial charge is 0.495 e. The number of rotatable bonds is 8. The van der Waals surface area contributed by atoms with E-state index in [1.165, 1.54) is 42.0 Å². The number of aromatic carboxylic acids is 1. The van der Waals surface area contributed by atoms with Gasteiger partial charge in [-0.15, -0.1) is 0 Å². The molecule has 0 aliphatic carbocycles. The van der Waals surface area contributed by atoms with Gasteiger partial charge in [-0.3, -0.25) is 0 Å². The van der Waals surface area contributed by atoms with Gasteiger partial charge in [-0.1, -0.05) is 13.8 Å². The fraction of sp³-hybridized carbons (Fsp3) is 0.250. The fourth-order valence-corrected chi connectivity index (χ4v) is 4.56. The average molecular weight is 430 g/mol. The van der Waals surface area contributed by atoms with Gasteiger partial charge < -0.3 is 15.2 Å². The molecule has 30 heavy (non-hydrogen) atoms. The molecular formula is C20H22N4O5S. The Kier molecular flexibility index (Phi) is 6.18. The maximum Gasteiger partial charge on any atom is 0.335 e. The summed E-state index contributed by atoms with van der Waals surface area (Å²) >= 11 is 0. The van der Waals surface area contributed by atoms with Crippen molar-refractivity contribution in [3.05, 3.63) is 48.3 Å². The molecule has 0 unspecified atom stereocenters. The summed E-state index contributed by atoms with van der Waals surface area (Å²) < 4.78 is 32.5. The van der Waals surface area contributed by atoms with Crippen LogP contribution in [0.4, 0.5) is 11.5 Å². The van der Waals surface area contributed by atoms with Gasteiger partial charge in [0.1, 0.15) is 17.9 Å². The Morgan fingerprint density at radius 3 is 2.50 bits per heavy atom. The zero-order chi connectivity index (χ0) is 21.9. The molecule has 0 spiro atoms. The molecule has 0 amide bonds. The van der Waals surface area contributed by atoms with Crippen molar-refractivity contribution in [1.82, 2.24) is 14.3 Å². The Labute approximate surface area is 174 Å². The van der Waals surface area contributed by atoms with Gasteiger partial charge >= 0.3 is 5.97 Å². The lowest BCUT2D eigenvalue weighted by Crippen LogP contribution is -2.30. The molecule has 3 aromatic rings. The van der Waals surface area contributed by atoms with Crippen LogP contribution in [0.1, 0.15) is 24.2 Å². The van der Waals surface area contributed by atoms with Gasteiger partial charge in [0.05, 0.1) is 28.8 Å². The lowest BCUT2D eigenvalue weighted by atomic mass is 10.1. The molecule has 0 aliphatic rings. The lowest BCUT2D eigenvalue weighted by Gasteiger charge is -2.20. The molecule has 1 aromatic heterocycles. The van der Waals surface area contributed by atoms with Crippen LogP contribution in [0.3, 0.4) is 0 Å². The molecule has 0 saturated carbocycles. The number of fused-ring (bicyclic) bond motifs is 1. The van der Waals surface area contributed by atoms with Gasteiger partial charge in [-0.2, -0.15) is 4.31 Å². The third-order valence-corrected chi connectivity index (χ3v) is 6.70. The third-order valence-electron chi connectivity index (χ3n) is 4.65. The Balaban J connectivity index is 2.07. The first-order valence-corrected chi connectivity index (χ1v) is 10.7. The molecule has 10 heteroatoms. The Morgan fingerprint density at radius 1 is 1.13 bits per heavy atom. The Bertz CT molecular complexity index is 1190. The second-order valence-electron chi connectivity index (χ2n) is 6.34. The van der Waals surface area contributed by atoms with E-state index < -0.39 is 16.0 Å². The maximum atomic E-state index is 12.9. The minimum atomic E-state index is -3.66. The number of carboxylic acid groups (broad SMARTS) is 1. The van der Waals surface area contributed by atoms with Gasteiger partial charge in [-0.05, 0) is 36.4 Å². The summed E-state index contributed by atoms with van der Waals surface area (Å²) in [5, 5.41) is 12.9. The molecule has 2 N–H and O–H groups in total. The molecule has 3 rings (SSSR count). The SMILES string of the molecule is CCN(CC)S(=O)(=O)c1ccc(OC)c(Nc2ncnc3cc(C(=O)O)ccc23)c1. The molecule has 0 radical (unpaired) electrons. The van der Waals surface area contributed by atoms with Gasteiger partial charge in [0.25, 0.3) is 0 Å². The fourth-order valence-electron chi connectivity index (χ4n) is 3.08. The van der Waals surface area contributed by atoms with E-state index in [0.717, 1.165) is 0 Å². The highest BCUT2D eigenvalue weighted by molar-refractivity contribution is 7.89. The molecule has 1 heterocycles. The van der Waals surface area contributed by atoms with Crippen LogP contribution in [0.5, 0.6) is 5.75 Å². The highest BCUT2D eigenvalue weighted by Crippen LogP contribution is 2.32. The number of hydrogen-bond donors (Lipinski definition) is 2. The van der Waals surface area contributed by atoms with Gasteiger partial charge in [-0.25, -0.2) is 23.2 Å². The van der Waals surface area contributed by atoms with Crippen molar-refractivity contribution in [2.45, 2.75) is 18.7 Å². The second-order valence-corrected chi connectivity index (χ2v) is 8.27. The summed E-state index contributed by atoms with van der Waals surface area (Å²) in [4.78, 5) is 19.7. The number of nitrogens with one attached hydrogen (secondary N) is 1. The van der Waals surface area contributed by atoms with Gasteiger partial charge in [0.15, 0.2) is 0 Å². The molecular weight excluding hydrogens is 408 g/mol. The Morgan fingerprint density at radius 2 is 1.87 bits per heavy atom. The van der Waals surface area contributed by atoms with Crippen LogP contribution in [-0.2, 0) is 10.0 Å². The second kappa shape index (κ2) is 8.64. The van der Waals surface area contributed by atoms with E-state index >= 15 is 0 Å². The van der Waals surface area contributed by atoms with Gasteiger partial charge in [0.2, 0.25) is 10.0 Å². The number of methoxy groups -OCH3 is 1.